The van der Waals surface area contributed by atoms with Crippen molar-refractivity contribution >= 4 is 6.47 Å². The van der Waals surface area contributed by atoms with Crippen LogP contribution in [0.4, 0.5) is 0 Å². The first kappa shape index (κ1) is 18.1. The summed E-state index contributed by atoms with van der Waals surface area (Å²) in [6.45, 7) is 5.17. The lowest BCUT2D eigenvalue weighted by molar-refractivity contribution is -0.122. The summed E-state index contributed by atoms with van der Waals surface area (Å²) in [5, 5.41) is 11.3. The molecule has 1 aliphatic heterocycles. The van der Waals surface area contributed by atoms with Crippen molar-refractivity contribution in [1.82, 2.24) is 19.7 Å². The van der Waals surface area contributed by atoms with Crippen LogP contribution in [0.5, 0.6) is 0 Å². The van der Waals surface area contributed by atoms with Crippen LogP contribution in [0.25, 0.3) is 0 Å². The highest BCUT2D eigenvalue weighted by Crippen LogP contribution is 2.22. The molecule has 2 aromatic rings. The second-order valence-electron chi connectivity index (χ2n) is 5.99. The largest absolute Gasteiger partial charge is 0.483 e. The molecular formula is C18H26N4O2. The standard InChI is InChI=1S/C17H24N4.CH2O2/c1-15(20-11-7-2-3-8-12-20)17-18-14-19-21(17)13-16-9-5-4-6-10-16;2-1-3/h4-6,9-10,14-15H,2-3,7-8,11-13H2,1H3;1H,(H,2,3). The summed E-state index contributed by atoms with van der Waals surface area (Å²) in [7, 11) is 0. The molecule has 0 spiro atoms. The zero-order valence-corrected chi connectivity index (χ0v) is 14.2. The summed E-state index contributed by atoms with van der Waals surface area (Å²) < 4.78 is 2.05. The summed E-state index contributed by atoms with van der Waals surface area (Å²) in [4.78, 5) is 15.4. The fourth-order valence-corrected chi connectivity index (χ4v) is 3.12. The van der Waals surface area contributed by atoms with Crippen molar-refractivity contribution in [3.63, 3.8) is 0 Å². The Balaban J connectivity index is 0.000000647. The Morgan fingerprint density at radius 1 is 1.17 bits per heavy atom. The van der Waals surface area contributed by atoms with Crippen molar-refractivity contribution in [2.45, 2.75) is 45.2 Å². The van der Waals surface area contributed by atoms with Gasteiger partial charge in [0.1, 0.15) is 12.2 Å². The number of likely N-dealkylation sites (tertiary alicyclic amines) is 1. The van der Waals surface area contributed by atoms with E-state index in [1.54, 1.807) is 6.33 Å². The normalized spacial score (nSPS) is 16.5. The number of hydrogen-bond donors (Lipinski definition) is 1. The molecule has 1 saturated heterocycles. The van der Waals surface area contributed by atoms with Gasteiger partial charge < -0.3 is 5.11 Å². The topological polar surface area (TPSA) is 71.2 Å². The third kappa shape index (κ3) is 5.16. The summed E-state index contributed by atoms with van der Waals surface area (Å²) in [6, 6.07) is 10.8. The van der Waals surface area contributed by atoms with E-state index in [1.165, 1.54) is 44.3 Å². The first-order chi connectivity index (χ1) is 11.8. The van der Waals surface area contributed by atoms with Gasteiger partial charge in [-0.2, -0.15) is 5.10 Å². The quantitative estimate of drug-likeness (QED) is 0.873. The van der Waals surface area contributed by atoms with E-state index >= 15 is 0 Å². The van der Waals surface area contributed by atoms with E-state index in [-0.39, 0.29) is 6.47 Å². The second-order valence-corrected chi connectivity index (χ2v) is 5.99. The molecule has 1 unspecified atom stereocenters. The first-order valence-corrected chi connectivity index (χ1v) is 8.49. The van der Waals surface area contributed by atoms with Crippen LogP contribution < -0.4 is 0 Å². The van der Waals surface area contributed by atoms with Crippen LogP contribution >= 0.6 is 0 Å². The van der Waals surface area contributed by atoms with Gasteiger partial charge in [-0.3, -0.25) is 9.69 Å². The first-order valence-electron chi connectivity index (χ1n) is 8.49. The Kier molecular flexibility index (Phi) is 7.42. The summed E-state index contributed by atoms with van der Waals surface area (Å²) in [5.74, 6) is 1.08. The minimum Gasteiger partial charge on any atom is -0.483 e. The summed E-state index contributed by atoms with van der Waals surface area (Å²) in [6.07, 6.45) is 7.01. The molecule has 2 heterocycles. The van der Waals surface area contributed by atoms with Gasteiger partial charge in [-0.1, -0.05) is 43.2 Å². The fraction of sp³-hybridized carbons (Fsp3) is 0.500. The SMILES string of the molecule is CC(c1ncnn1Cc1ccccc1)N1CCCCCC1.O=CO. The number of carbonyl (C=O) groups is 1. The van der Waals surface area contributed by atoms with E-state index in [0.29, 0.717) is 6.04 Å². The number of rotatable bonds is 4. The van der Waals surface area contributed by atoms with Crippen molar-refractivity contribution < 1.29 is 9.90 Å². The number of carboxylic acid groups (broad SMARTS) is 1. The highest BCUT2D eigenvalue weighted by Gasteiger charge is 2.21. The van der Waals surface area contributed by atoms with E-state index in [1.807, 2.05) is 10.7 Å². The zero-order chi connectivity index (χ0) is 17.2. The van der Waals surface area contributed by atoms with Gasteiger partial charge in [0.2, 0.25) is 0 Å². The van der Waals surface area contributed by atoms with Crippen LogP contribution in [0.1, 0.15) is 50.0 Å². The summed E-state index contributed by atoms with van der Waals surface area (Å²) >= 11 is 0. The van der Waals surface area contributed by atoms with Crippen molar-refractivity contribution in [3.8, 4) is 0 Å². The molecule has 1 atom stereocenters. The average Bonchev–Trinajstić information content (AvgIpc) is 2.88. The van der Waals surface area contributed by atoms with E-state index in [4.69, 9.17) is 9.90 Å². The van der Waals surface area contributed by atoms with Gasteiger partial charge in [0.05, 0.1) is 12.6 Å². The average molecular weight is 330 g/mol. The molecule has 1 N–H and O–H groups in total. The zero-order valence-electron chi connectivity index (χ0n) is 14.2. The lowest BCUT2D eigenvalue weighted by Crippen LogP contribution is -2.30. The number of nitrogens with zero attached hydrogens (tertiary/aromatic N) is 4. The highest BCUT2D eigenvalue weighted by molar-refractivity contribution is 5.32. The third-order valence-electron chi connectivity index (χ3n) is 4.38. The van der Waals surface area contributed by atoms with Crippen LogP contribution in [-0.4, -0.2) is 44.3 Å². The van der Waals surface area contributed by atoms with Crippen LogP contribution in [0, 0.1) is 0 Å². The second kappa shape index (κ2) is 9.82. The Morgan fingerprint density at radius 2 is 1.79 bits per heavy atom. The number of benzene rings is 1. The van der Waals surface area contributed by atoms with Crippen LogP contribution in [0.3, 0.4) is 0 Å². The van der Waals surface area contributed by atoms with Gasteiger partial charge in [-0.15, -0.1) is 0 Å². The van der Waals surface area contributed by atoms with E-state index in [9.17, 15) is 0 Å². The monoisotopic (exact) mass is 330 g/mol. The van der Waals surface area contributed by atoms with Crippen molar-refractivity contribution in [3.05, 3.63) is 48.0 Å². The Hall–Kier alpha value is -2.21. The van der Waals surface area contributed by atoms with Crippen molar-refractivity contribution in [1.29, 1.82) is 0 Å². The maximum Gasteiger partial charge on any atom is 0.290 e. The van der Waals surface area contributed by atoms with Crippen molar-refractivity contribution in [2.75, 3.05) is 13.1 Å². The highest BCUT2D eigenvalue weighted by atomic mass is 16.3. The van der Waals surface area contributed by atoms with Gasteiger partial charge in [0.15, 0.2) is 0 Å². The van der Waals surface area contributed by atoms with Gasteiger partial charge in [-0.05, 0) is 38.4 Å². The van der Waals surface area contributed by atoms with Crippen LogP contribution in [-0.2, 0) is 11.3 Å². The molecule has 1 aliphatic rings. The molecule has 6 nitrogen and oxygen atoms in total. The maximum atomic E-state index is 8.36. The molecule has 3 rings (SSSR count). The Bertz CT molecular complexity index is 592. The van der Waals surface area contributed by atoms with Gasteiger partial charge in [0, 0.05) is 0 Å². The molecule has 0 saturated carbocycles. The Morgan fingerprint density at radius 3 is 2.42 bits per heavy atom. The van der Waals surface area contributed by atoms with Gasteiger partial charge in [0.25, 0.3) is 6.47 Å². The van der Waals surface area contributed by atoms with E-state index in [0.717, 1.165) is 12.4 Å². The van der Waals surface area contributed by atoms with Crippen LogP contribution in [0.15, 0.2) is 36.7 Å². The molecule has 1 aromatic carbocycles. The lowest BCUT2D eigenvalue weighted by Gasteiger charge is -2.27. The molecule has 1 fully saturated rings. The van der Waals surface area contributed by atoms with E-state index in [2.05, 4.69) is 46.2 Å². The number of hydrogen-bond acceptors (Lipinski definition) is 4. The minimum atomic E-state index is -0.250. The molecule has 0 bridgehead atoms. The van der Waals surface area contributed by atoms with Gasteiger partial charge >= 0.3 is 0 Å². The predicted octanol–water partition coefficient (Wildman–Crippen LogP) is 2.96. The molecule has 130 valence electrons. The molecule has 0 radical (unpaired) electrons. The van der Waals surface area contributed by atoms with Gasteiger partial charge in [-0.25, -0.2) is 9.67 Å². The van der Waals surface area contributed by atoms with E-state index < -0.39 is 0 Å². The van der Waals surface area contributed by atoms with Crippen LogP contribution in [0.2, 0.25) is 0 Å². The molecule has 0 aliphatic carbocycles. The molecule has 6 heteroatoms. The molecule has 1 aromatic heterocycles. The maximum absolute atomic E-state index is 8.36. The fourth-order valence-electron chi connectivity index (χ4n) is 3.12. The Labute approximate surface area is 143 Å². The molecule has 24 heavy (non-hydrogen) atoms. The third-order valence-corrected chi connectivity index (χ3v) is 4.38. The molecular weight excluding hydrogens is 304 g/mol. The smallest absolute Gasteiger partial charge is 0.290 e. The number of aromatic nitrogens is 3. The lowest BCUT2D eigenvalue weighted by atomic mass is 10.2. The predicted molar refractivity (Wildman–Crippen MR) is 92.7 cm³/mol. The summed E-state index contributed by atoms with van der Waals surface area (Å²) in [5.41, 5.74) is 1.27. The van der Waals surface area contributed by atoms with Crippen molar-refractivity contribution in [2.24, 2.45) is 0 Å². The minimum absolute atomic E-state index is 0.250. The molecule has 0 amide bonds.